The maximum atomic E-state index is 13.1. The molecule has 2 fully saturated rings. The van der Waals surface area contributed by atoms with Gasteiger partial charge in [-0.15, -0.1) is 0 Å². The molecule has 4 rings (SSSR count). The molecule has 33 heavy (non-hydrogen) atoms. The van der Waals surface area contributed by atoms with E-state index in [0.29, 0.717) is 31.6 Å². The second-order valence-electron chi connectivity index (χ2n) is 8.55. The average molecular weight is 453 g/mol. The molecule has 0 radical (unpaired) electrons. The number of nitrogens with one attached hydrogen (secondary N) is 1. The highest BCUT2D eigenvalue weighted by atomic mass is 19.1. The summed E-state index contributed by atoms with van der Waals surface area (Å²) in [6.07, 6.45) is 5.53. The Bertz CT molecular complexity index is 956. The summed E-state index contributed by atoms with van der Waals surface area (Å²) in [5, 5.41) is 12.5. The Morgan fingerprint density at radius 3 is 2.36 bits per heavy atom. The van der Waals surface area contributed by atoms with Crippen molar-refractivity contribution in [2.75, 3.05) is 24.5 Å². The predicted molar refractivity (Wildman–Crippen MR) is 126 cm³/mol. The zero-order valence-corrected chi connectivity index (χ0v) is 19.9. The van der Waals surface area contributed by atoms with E-state index in [4.69, 9.17) is 5.26 Å². The molecule has 1 aliphatic heterocycles. The lowest BCUT2D eigenvalue weighted by Gasteiger charge is -2.45. The van der Waals surface area contributed by atoms with Crippen molar-refractivity contribution < 1.29 is 9.18 Å². The van der Waals surface area contributed by atoms with Crippen molar-refractivity contribution in [3.8, 4) is 6.07 Å². The van der Waals surface area contributed by atoms with Crippen molar-refractivity contribution in [3.63, 3.8) is 0 Å². The number of carbonyl (C=O) groups is 1. The van der Waals surface area contributed by atoms with Gasteiger partial charge in [-0.2, -0.15) is 9.65 Å². The van der Waals surface area contributed by atoms with E-state index in [2.05, 4.69) is 40.1 Å². The molecule has 8 heteroatoms. The number of aromatic nitrogens is 2. The SMILES string of the molecule is CC.CC1CN(C(=O)CCNC2(c3ccc(F)nc3)CC2)CC(C)N1c1ccc(C#N)cn1. The number of nitrogens with zero attached hydrogens (tertiary/aromatic N) is 5. The van der Waals surface area contributed by atoms with Crippen molar-refractivity contribution >= 4 is 11.7 Å². The van der Waals surface area contributed by atoms with Crippen LogP contribution in [-0.2, 0) is 10.3 Å². The van der Waals surface area contributed by atoms with E-state index < -0.39 is 5.95 Å². The summed E-state index contributed by atoms with van der Waals surface area (Å²) < 4.78 is 13.1. The quantitative estimate of drug-likeness (QED) is 0.674. The second-order valence-corrected chi connectivity index (χ2v) is 8.55. The molecule has 1 saturated carbocycles. The number of piperazine rings is 1. The number of rotatable bonds is 6. The maximum absolute atomic E-state index is 13.1. The van der Waals surface area contributed by atoms with E-state index in [9.17, 15) is 9.18 Å². The van der Waals surface area contributed by atoms with Gasteiger partial charge in [0.1, 0.15) is 11.9 Å². The fraction of sp³-hybridized carbons (Fsp3) is 0.520. The highest BCUT2D eigenvalue weighted by Crippen LogP contribution is 2.45. The molecular weight excluding hydrogens is 419 g/mol. The van der Waals surface area contributed by atoms with Gasteiger partial charge in [0.05, 0.1) is 5.56 Å². The highest BCUT2D eigenvalue weighted by Gasteiger charge is 2.44. The first-order valence-corrected chi connectivity index (χ1v) is 11.7. The van der Waals surface area contributed by atoms with Crippen LogP contribution < -0.4 is 10.2 Å². The van der Waals surface area contributed by atoms with Crippen LogP contribution in [0.1, 0.15) is 58.1 Å². The summed E-state index contributed by atoms with van der Waals surface area (Å²) in [4.78, 5) is 25.2. The van der Waals surface area contributed by atoms with Crippen molar-refractivity contribution in [1.82, 2.24) is 20.2 Å². The van der Waals surface area contributed by atoms with E-state index in [1.54, 1.807) is 24.5 Å². The summed E-state index contributed by atoms with van der Waals surface area (Å²) in [6.45, 7) is 10.0. The minimum Gasteiger partial charge on any atom is -0.348 e. The van der Waals surface area contributed by atoms with Gasteiger partial charge in [-0.25, -0.2) is 9.97 Å². The highest BCUT2D eigenvalue weighted by molar-refractivity contribution is 5.77. The van der Waals surface area contributed by atoms with Gasteiger partial charge < -0.3 is 15.1 Å². The monoisotopic (exact) mass is 452 g/mol. The van der Waals surface area contributed by atoms with Crippen LogP contribution in [0.25, 0.3) is 0 Å². The number of hydrogen-bond acceptors (Lipinski definition) is 6. The van der Waals surface area contributed by atoms with Crippen LogP contribution in [0.15, 0.2) is 36.7 Å². The van der Waals surface area contributed by atoms with Crippen LogP contribution in [0, 0.1) is 17.3 Å². The Morgan fingerprint density at radius 2 is 1.85 bits per heavy atom. The maximum Gasteiger partial charge on any atom is 0.223 e. The number of pyridine rings is 2. The van der Waals surface area contributed by atoms with Crippen LogP contribution >= 0.6 is 0 Å². The normalized spacial score (nSPS) is 21.0. The largest absolute Gasteiger partial charge is 0.348 e. The van der Waals surface area contributed by atoms with Crippen molar-refractivity contribution in [1.29, 1.82) is 5.26 Å². The van der Waals surface area contributed by atoms with Crippen LogP contribution in [0.4, 0.5) is 10.2 Å². The molecule has 2 atom stereocenters. The molecular formula is C25H33FN6O. The summed E-state index contributed by atoms with van der Waals surface area (Å²) >= 11 is 0. The molecule has 3 heterocycles. The minimum atomic E-state index is -0.478. The van der Waals surface area contributed by atoms with E-state index in [1.165, 1.54) is 6.07 Å². The average Bonchev–Trinajstić information content (AvgIpc) is 3.61. The van der Waals surface area contributed by atoms with Crippen LogP contribution in [0.2, 0.25) is 0 Å². The Labute approximate surface area is 195 Å². The molecule has 0 aromatic carbocycles. The van der Waals surface area contributed by atoms with E-state index in [1.807, 2.05) is 24.8 Å². The summed E-state index contributed by atoms with van der Waals surface area (Å²) in [6, 6.07) is 9.13. The first-order valence-electron chi connectivity index (χ1n) is 11.7. The summed E-state index contributed by atoms with van der Waals surface area (Å²) in [5.74, 6) is 0.483. The van der Waals surface area contributed by atoms with Crippen molar-refractivity contribution in [2.45, 2.75) is 64.6 Å². The third-order valence-electron chi connectivity index (χ3n) is 6.25. The lowest BCUT2D eigenvalue weighted by Crippen LogP contribution is -2.58. The van der Waals surface area contributed by atoms with Gasteiger partial charge in [0, 0.05) is 56.1 Å². The lowest BCUT2D eigenvalue weighted by molar-refractivity contribution is -0.132. The molecule has 2 unspecified atom stereocenters. The molecule has 7 nitrogen and oxygen atoms in total. The van der Waals surface area contributed by atoms with Gasteiger partial charge in [0.2, 0.25) is 11.9 Å². The van der Waals surface area contributed by atoms with E-state index >= 15 is 0 Å². The molecule has 2 aromatic heterocycles. The number of nitriles is 1. The zero-order valence-electron chi connectivity index (χ0n) is 19.9. The third kappa shape index (κ3) is 5.66. The Balaban J connectivity index is 0.00000149. The number of halogens is 1. The van der Waals surface area contributed by atoms with Gasteiger partial charge >= 0.3 is 0 Å². The van der Waals surface area contributed by atoms with Crippen LogP contribution in [0.5, 0.6) is 0 Å². The number of anilines is 1. The molecule has 1 saturated heterocycles. The van der Waals surface area contributed by atoms with Gasteiger partial charge in [-0.05, 0) is 50.5 Å². The molecule has 2 aromatic rings. The fourth-order valence-corrected chi connectivity index (χ4v) is 4.50. The molecule has 176 valence electrons. The van der Waals surface area contributed by atoms with Gasteiger partial charge in [-0.3, -0.25) is 4.79 Å². The molecule has 0 spiro atoms. The topological polar surface area (TPSA) is 85.2 Å². The van der Waals surface area contributed by atoms with Crippen molar-refractivity contribution in [2.24, 2.45) is 0 Å². The number of amides is 1. The van der Waals surface area contributed by atoms with Gasteiger partial charge in [0.15, 0.2) is 0 Å². The minimum absolute atomic E-state index is 0.126. The van der Waals surface area contributed by atoms with Crippen LogP contribution in [-0.4, -0.2) is 52.5 Å². The first-order chi connectivity index (χ1) is 15.9. The molecule has 0 bridgehead atoms. The molecule has 1 amide bonds. The Hall–Kier alpha value is -3.05. The molecule has 2 aliphatic rings. The standard InChI is InChI=1S/C23H27FN6O.C2H6/c1-16-14-29(15-17(2)30(16)21-6-3-18(11-25)12-27-21)22(31)7-10-28-23(8-9-23)19-4-5-20(24)26-13-19;1-2/h3-6,12-13,16-17,28H,7-10,14-15H2,1-2H3;1-2H3. The van der Waals surface area contributed by atoms with Gasteiger partial charge in [-0.1, -0.05) is 19.9 Å². The predicted octanol–water partition coefficient (Wildman–Crippen LogP) is 3.61. The number of hydrogen-bond donors (Lipinski definition) is 1. The van der Waals surface area contributed by atoms with Gasteiger partial charge in [0.25, 0.3) is 0 Å². The first kappa shape index (κ1) is 24.6. The third-order valence-corrected chi connectivity index (χ3v) is 6.25. The Morgan fingerprint density at radius 1 is 1.15 bits per heavy atom. The van der Waals surface area contributed by atoms with Crippen LogP contribution in [0.3, 0.4) is 0 Å². The zero-order chi connectivity index (χ0) is 24.0. The summed E-state index contributed by atoms with van der Waals surface area (Å²) in [7, 11) is 0. The smallest absolute Gasteiger partial charge is 0.223 e. The van der Waals surface area contributed by atoms with Crippen molar-refractivity contribution in [3.05, 3.63) is 53.7 Å². The van der Waals surface area contributed by atoms with E-state index in [-0.39, 0.29) is 23.5 Å². The van der Waals surface area contributed by atoms with E-state index in [0.717, 1.165) is 24.2 Å². The fourth-order valence-electron chi connectivity index (χ4n) is 4.50. The molecule has 1 N–H and O–H groups in total. The summed E-state index contributed by atoms with van der Waals surface area (Å²) in [5.41, 5.74) is 1.35. The Kier molecular flexibility index (Phi) is 7.98. The second kappa shape index (κ2) is 10.7. The lowest BCUT2D eigenvalue weighted by atomic mass is 10.1. The number of carbonyl (C=O) groups excluding carboxylic acids is 1. The molecule has 1 aliphatic carbocycles.